The molecular weight excluding hydrogens is 398 g/mol. The molecule has 2 N–H and O–H groups in total. The van der Waals surface area contributed by atoms with E-state index in [9.17, 15) is 13.2 Å². The lowest BCUT2D eigenvalue weighted by atomic mass is 10.1. The summed E-state index contributed by atoms with van der Waals surface area (Å²) in [5.41, 5.74) is 0. The van der Waals surface area contributed by atoms with Crippen LogP contribution >= 0.6 is 11.6 Å². The van der Waals surface area contributed by atoms with Crippen LogP contribution in [-0.2, 0) is 14.8 Å². The maximum atomic E-state index is 12.3. The molecule has 156 valence electrons. The van der Waals surface area contributed by atoms with Crippen molar-refractivity contribution in [1.29, 1.82) is 0 Å². The van der Waals surface area contributed by atoms with Crippen LogP contribution < -0.4 is 10.0 Å². The average Bonchev–Trinajstić information content (AvgIpc) is 2.94. The summed E-state index contributed by atoms with van der Waals surface area (Å²) in [6, 6.07) is 7.10. The maximum Gasteiger partial charge on any atom is 0.242 e. The molecule has 3 rings (SSSR count). The number of nitrogens with zero attached hydrogens (tertiary/aromatic N) is 1. The third kappa shape index (κ3) is 5.92. The van der Waals surface area contributed by atoms with Gasteiger partial charge in [0.05, 0.1) is 5.02 Å². The summed E-state index contributed by atoms with van der Waals surface area (Å²) < 4.78 is 27.0. The van der Waals surface area contributed by atoms with Crippen molar-refractivity contribution in [3.63, 3.8) is 0 Å². The van der Waals surface area contributed by atoms with Crippen LogP contribution in [0.3, 0.4) is 0 Å². The molecule has 1 aliphatic heterocycles. The molecule has 1 aliphatic carbocycles. The van der Waals surface area contributed by atoms with Crippen LogP contribution in [0.4, 0.5) is 0 Å². The molecule has 1 heterocycles. The summed E-state index contributed by atoms with van der Waals surface area (Å²) in [7, 11) is -3.71. The number of benzene rings is 1. The van der Waals surface area contributed by atoms with Gasteiger partial charge >= 0.3 is 0 Å². The Kier molecular flexibility index (Phi) is 7.74. The summed E-state index contributed by atoms with van der Waals surface area (Å²) in [5.74, 6) is -0.116. The summed E-state index contributed by atoms with van der Waals surface area (Å²) in [6.07, 6.45) is 8.92. The van der Waals surface area contributed by atoms with Crippen molar-refractivity contribution in [2.75, 3.05) is 19.6 Å². The monoisotopic (exact) mass is 427 g/mol. The molecule has 8 heteroatoms. The van der Waals surface area contributed by atoms with Crippen LogP contribution in [0.2, 0.25) is 5.02 Å². The Morgan fingerprint density at radius 2 is 1.82 bits per heavy atom. The number of rotatable bonds is 7. The van der Waals surface area contributed by atoms with Gasteiger partial charge in [-0.3, -0.25) is 9.69 Å². The van der Waals surface area contributed by atoms with Gasteiger partial charge in [-0.2, -0.15) is 0 Å². The van der Waals surface area contributed by atoms with Crippen molar-refractivity contribution in [3.05, 3.63) is 29.3 Å². The fourth-order valence-corrected chi connectivity index (χ4v) is 5.75. The van der Waals surface area contributed by atoms with E-state index < -0.39 is 10.0 Å². The molecule has 2 aliphatic rings. The minimum Gasteiger partial charge on any atom is -0.352 e. The predicted octanol–water partition coefficient (Wildman–Crippen LogP) is 2.92. The fourth-order valence-electron chi connectivity index (χ4n) is 4.20. The topological polar surface area (TPSA) is 78.5 Å². The van der Waals surface area contributed by atoms with E-state index in [1.807, 2.05) is 0 Å². The number of hydrogen-bond donors (Lipinski definition) is 2. The van der Waals surface area contributed by atoms with Crippen LogP contribution in [0.1, 0.15) is 51.4 Å². The molecule has 0 bridgehead atoms. The maximum absolute atomic E-state index is 12.3. The van der Waals surface area contributed by atoms with Gasteiger partial charge in [0.15, 0.2) is 0 Å². The Morgan fingerprint density at radius 1 is 1.11 bits per heavy atom. The number of carbonyl (C=O) groups excluding carboxylic acids is 1. The van der Waals surface area contributed by atoms with E-state index in [-0.39, 0.29) is 34.8 Å². The largest absolute Gasteiger partial charge is 0.352 e. The molecule has 1 aromatic rings. The van der Waals surface area contributed by atoms with Crippen molar-refractivity contribution >= 4 is 27.5 Å². The highest BCUT2D eigenvalue weighted by molar-refractivity contribution is 7.89. The van der Waals surface area contributed by atoms with Crippen molar-refractivity contribution in [2.45, 2.75) is 68.3 Å². The first-order valence-electron chi connectivity index (χ1n) is 10.2. The molecule has 1 unspecified atom stereocenters. The molecule has 1 atom stereocenters. The van der Waals surface area contributed by atoms with Crippen LogP contribution in [0.15, 0.2) is 29.2 Å². The highest BCUT2D eigenvalue weighted by Gasteiger charge is 2.29. The van der Waals surface area contributed by atoms with Crippen LogP contribution in [0.5, 0.6) is 0 Å². The number of carbonyl (C=O) groups is 1. The lowest BCUT2D eigenvalue weighted by Crippen LogP contribution is -2.40. The zero-order valence-electron chi connectivity index (χ0n) is 16.2. The predicted molar refractivity (Wildman–Crippen MR) is 111 cm³/mol. The third-order valence-corrected chi connectivity index (χ3v) is 7.66. The van der Waals surface area contributed by atoms with Crippen LogP contribution in [-0.4, -0.2) is 50.9 Å². The smallest absolute Gasteiger partial charge is 0.242 e. The Labute approximate surface area is 173 Å². The molecule has 0 radical (unpaired) electrons. The first-order chi connectivity index (χ1) is 13.5. The normalized spacial score (nSPS) is 22.1. The van der Waals surface area contributed by atoms with Gasteiger partial charge < -0.3 is 5.32 Å². The molecule has 0 spiro atoms. The number of halogens is 1. The van der Waals surface area contributed by atoms with Gasteiger partial charge in [0, 0.05) is 38.1 Å². The van der Waals surface area contributed by atoms with Crippen molar-refractivity contribution < 1.29 is 13.2 Å². The van der Waals surface area contributed by atoms with E-state index in [2.05, 4.69) is 14.9 Å². The second-order valence-electron chi connectivity index (χ2n) is 7.77. The fraction of sp³-hybridized carbons (Fsp3) is 0.650. The van der Waals surface area contributed by atoms with E-state index in [1.165, 1.54) is 50.7 Å². The molecule has 0 aromatic heterocycles. The minimum absolute atomic E-state index is 0.0342. The van der Waals surface area contributed by atoms with E-state index in [0.717, 1.165) is 19.5 Å². The minimum atomic E-state index is -3.71. The number of amides is 1. The van der Waals surface area contributed by atoms with Crippen molar-refractivity contribution in [3.8, 4) is 0 Å². The van der Waals surface area contributed by atoms with E-state index in [4.69, 9.17) is 11.6 Å². The zero-order valence-corrected chi connectivity index (χ0v) is 17.8. The summed E-state index contributed by atoms with van der Waals surface area (Å²) in [6.45, 7) is 1.99. The van der Waals surface area contributed by atoms with E-state index in [1.54, 1.807) is 12.1 Å². The van der Waals surface area contributed by atoms with Gasteiger partial charge in [0.25, 0.3) is 0 Å². The van der Waals surface area contributed by atoms with E-state index >= 15 is 0 Å². The summed E-state index contributed by atoms with van der Waals surface area (Å²) in [4.78, 5) is 14.8. The average molecular weight is 428 g/mol. The zero-order chi connectivity index (χ0) is 20.0. The van der Waals surface area contributed by atoms with Gasteiger partial charge in [0.2, 0.25) is 15.9 Å². The van der Waals surface area contributed by atoms with Crippen LogP contribution in [0, 0.1) is 0 Å². The van der Waals surface area contributed by atoms with Crippen molar-refractivity contribution in [1.82, 2.24) is 14.9 Å². The second kappa shape index (κ2) is 10.1. The van der Waals surface area contributed by atoms with Gasteiger partial charge in [0.1, 0.15) is 4.90 Å². The summed E-state index contributed by atoms with van der Waals surface area (Å²) in [5, 5.41) is 3.23. The van der Waals surface area contributed by atoms with E-state index in [0.29, 0.717) is 6.04 Å². The van der Waals surface area contributed by atoms with Crippen molar-refractivity contribution in [2.24, 2.45) is 0 Å². The quantitative estimate of drug-likeness (QED) is 0.656. The first kappa shape index (κ1) is 21.6. The number of sulfonamides is 1. The molecule has 2 fully saturated rings. The molecule has 1 aromatic carbocycles. The highest BCUT2D eigenvalue weighted by Crippen LogP contribution is 2.25. The number of likely N-dealkylation sites (tertiary alicyclic amines) is 1. The van der Waals surface area contributed by atoms with Gasteiger partial charge in [-0.05, 0) is 31.4 Å². The highest BCUT2D eigenvalue weighted by atomic mass is 35.5. The lowest BCUT2D eigenvalue weighted by Gasteiger charge is -2.26. The summed E-state index contributed by atoms with van der Waals surface area (Å²) >= 11 is 5.95. The molecule has 28 heavy (non-hydrogen) atoms. The Morgan fingerprint density at radius 3 is 2.54 bits per heavy atom. The molecular formula is C20H30ClN3O3S. The molecule has 1 amide bonds. The standard InChI is InChI=1S/C20H30ClN3O3S/c21-18-9-5-6-10-19(18)28(26,27)22-13-11-20(25)23-16-12-14-24(15-16)17-7-3-1-2-4-8-17/h5-6,9-10,16-17,22H,1-4,7-8,11-15H2,(H,23,25). The van der Waals surface area contributed by atoms with Crippen LogP contribution in [0.25, 0.3) is 0 Å². The van der Waals surface area contributed by atoms with Gasteiger partial charge in [-0.25, -0.2) is 13.1 Å². The molecule has 1 saturated carbocycles. The lowest BCUT2D eigenvalue weighted by molar-refractivity contribution is -0.121. The SMILES string of the molecule is O=C(CCNS(=O)(=O)c1ccccc1Cl)NC1CCN(C2CCCCCC2)C1. The Hall–Kier alpha value is -1.15. The number of nitrogens with one attached hydrogen (secondary N) is 2. The third-order valence-electron chi connectivity index (χ3n) is 5.70. The number of hydrogen-bond acceptors (Lipinski definition) is 4. The van der Waals surface area contributed by atoms with Gasteiger partial charge in [-0.15, -0.1) is 0 Å². The van der Waals surface area contributed by atoms with Gasteiger partial charge in [-0.1, -0.05) is 49.4 Å². The molecule has 1 saturated heterocycles. The Bertz CT molecular complexity index is 764. The molecule has 6 nitrogen and oxygen atoms in total. The Balaban J connectivity index is 1.41. The first-order valence-corrected chi connectivity index (χ1v) is 12.1. The second-order valence-corrected chi connectivity index (χ2v) is 9.91.